The number of hydrogen-bond donors (Lipinski definition) is 3. The van der Waals surface area contributed by atoms with Crippen molar-refractivity contribution in [1.29, 1.82) is 0 Å². The van der Waals surface area contributed by atoms with Gasteiger partial charge in [-0.05, 0) is 30.0 Å². The van der Waals surface area contributed by atoms with Gasteiger partial charge in [0, 0.05) is 30.2 Å². The first kappa shape index (κ1) is 28.3. The van der Waals surface area contributed by atoms with Gasteiger partial charge in [-0.15, -0.1) is 0 Å². The summed E-state index contributed by atoms with van der Waals surface area (Å²) in [5.74, 6) is -7.05. The molecule has 1 aliphatic rings. The van der Waals surface area contributed by atoms with E-state index in [0.717, 1.165) is 0 Å². The van der Waals surface area contributed by atoms with Crippen LogP contribution in [-0.4, -0.2) is 30.1 Å². The summed E-state index contributed by atoms with van der Waals surface area (Å²) in [6, 6.07) is 9.74. The molecule has 3 rings (SSSR count). The van der Waals surface area contributed by atoms with Gasteiger partial charge < -0.3 is 16.4 Å². The predicted molar refractivity (Wildman–Crippen MR) is 123 cm³/mol. The average Bonchev–Trinajstić information content (AvgIpc) is 2.90. The zero-order valence-electron chi connectivity index (χ0n) is 19.0. The first-order valence-corrected chi connectivity index (χ1v) is 11.5. The van der Waals surface area contributed by atoms with E-state index in [1.807, 2.05) is 0 Å². The van der Waals surface area contributed by atoms with E-state index in [1.54, 1.807) is 30.3 Å². The lowest BCUT2D eigenvalue weighted by Crippen LogP contribution is -2.45. The van der Waals surface area contributed by atoms with Gasteiger partial charge in [-0.3, -0.25) is 14.4 Å². The summed E-state index contributed by atoms with van der Waals surface area (Å²) < 4.78 is 77.4. The van der Waals surface area contributed by atoms with Crippen molar-refractivity contribution in [1.82, 2.24) is 5.32 Å². The lowest BCUT2D eigenvalue weighted by Gasteiger charge is -2.27. The van der Waals surface area contributed by atoms with Crippen molar-refractivity contribution in [2.24, 2.45) is 17.6 Å². The molecule has 0 radical (unpaired) electrons. The first-order valence-electron chi connectivity index (χ1n) is 11.1. The van der Waals surface area contributed by atoms with Crippen LogP contribution in [0, 0.1) is 11.8 Å². The Labute approximate surface area is 212 Å². The summed E-state index contributed by atoms with van der Waals surface area (Å²) in [5, 5.41) is 5.11. The quantitative estimate of drug-likeness (QED) is 0.378. The van der Waals surface area contributed by atoms with E-state index in [-0.39, 0.29) is 16.3 Å². The molecule has 1 aliphatic heterocycles. The first-order chi connectivity index (χ1) is 17.2. The van der Waals surface area contributed by atoms with Crippen LogP contribution < -0.4 is 16.4 Å². The Bertz CT molecular complexity index is 1190. The monoisotopic (exact) mass is 549 g/mol. The third-order valence-electron chi connectivity index (χ3n) is 6.04. The highest BCUT2D eigenvalue weighted by atomic mass is 35.5. The van der Waals surface area contributed by atoms with Gasteiger partial charge in [-0.2, -0.15) is 26.3 Å². The Morgan fingerprint density at radius 3 is 2.08 bits per heavy atom. The number of primary amides is 1. The Morgan fingerprint density at radius 1 is 0.919 bits per heavy atom. The molecule has 3 atom stereocenters. The SMILES string of the molecule is NC(=O)C(CCC(F)(F)F)C(CCC(F)(F)F)C(=O)NC1C(=O)Nc2c(Cl)cccc2-c2ccccc21. The number of anilines is 1. The van der Waals surface area contributed by atoms with Crippen LogP contribution in [-0.2, 0) is 14.4 Å². The van der Waals surface area contributed by atoms with Crippen molar-refractivity contribution in [2.75, 3.05) is 5.32 Å². The molecule has 1 heterocycles. The highest BCUT2D eigenvalue weighted by Gasteiger charge is 2.41. The van der Waals surface area contributed by atoms with Gasteiger partial charge in [0.05, 0.1) is 10.7 Å². The number of nitrogens with two attached hydrogens (primary N) is 1. The van der Waals surface area contributed by atoms with Crippen molar-refractivity contribution in [3.63, 3.8) is 0 Å². The normalized spacial score (nSPS) is 17.1. The molecule has 200 valence electrons. The number of alkyl halides is 6. The van der Waals surface area contributed by atoms with Gasteiger partial charge in [0.2, 0.25) is 11.8 Å². The number of nitrogens with one attached hydrogen (secondary N) is 2. The number of rotatable bonds is 8. The standard InChI is InChI=1S/C24H22ClF6N3O3/c25-17-7-3-6-13-12-4-1-2-5-14(12)19(22(37)33-18(13)17)34-21(36)16(9-11-24(29,30)31)15(20(32)35)8-10-23(26,27)28/h1-7,15-16,19H,8-11H2,(H2,32,35)(H,33,37)(H,34,36). The smallest absolute Gasteiger partial charge is 0.369 e. The number of halogens is 7. The minimum atomic E-state index is -4.75. The Kier molecular flexibility index (Phi) is 8.41. The van der Waals surface area contributed by atoms with Crippen LogP contribution in [0.25, 0.3) is 11.1 Å². The maximum atomic E-state index is 13.2. The number of amides is 3. The average molecular weight is 550 g/mol. The molecule has 0 bridgehead atoms. The lowest BCUT2D eigenvalue weighted by molar-refractivity contribution is -0.152. The molecule has 37 heavy (non-hydrogen) atoms. The van der Waals surface area contributed by atoms with Crippen molar-refractivity contribution in [3.05, 3.63) is 53.1 Å². The molecule has 13 heteroatoms. The van der Waals surface area contributed by atoms with Crippen molar-refractivity contribution < 1.29 is 40.7 Å². The van der Waals surface area contributed by atoms with Gasteiger partial charge in [0.15, 0.2) is 0 Å². The highest BCUT2D eigenvalue weighted by Crippen LogP contribution is 2.41. The molecule has 0 aliphatic carbocycles. The van der Waals surface area contributed by atoms with Crippen LogP contribution in [0.15, 0.2) is 42.5 Å². The van der Waals surface area contributed by atoms with E-state index in [2.05, 4.69) is 10.6 Å². The Hall–Kier alpha value is -3.28. The molecule has 0 fully saturated rings. The number of carbonyl (C=O) groups excluding carboxylic acids is 3. The fourth-order valence-electron chi connectivity index (χ4n) is 4.29. The summed E-state index contributed by atoms with van der Waals surface area (Å²) in [6.45, 7) is 0. The number of fused-ring (bicyclic) bond motifs is 3. The minimum Gasteiger partial charge on any atom is -0.369 e. The Morgan fingerprint density at radius 2 is 1.49 bits per heavy atom. The van der Waals surface area contributed by atoms with Gasteiger partial charge in [0.1, 0.15) is 6.04 Å². The summed E-state index contributed by atoms with van der Waals surface area (Å²) >= 11 is 6.23. The number of para-hydroxylation sites is 1. The molecule has 2 aromatic carbocycles. The van der Waals surface area contributed by atoms with Crippen LogP contribution >= 0.6 is 11.6 Å². The van der Waals surface area contributed by atoms with Gasteiger partial charge >= 0.3 is 12.4 Å². The molecule has 6 nitrogen and oxygen atoms in total. The van der Waals surface area contributed by atoms with Gasteiger partial charge in [-0.25, -0.2) is 0 Å². The molecular formula is C24H22ClF6N3O3. The fraction of sp³-hybridized carbons (Fsp3) is 0.375. The minimum absolute atomic E-state index is 0.191. The summed E-state index contributed by atoms with van der Waals surface area (Å²) in [6.07, 6.45) is -14.5. The van der Waals surface area contributed by atoms with Crippen LogP contribution in [0.3, 0.4) is 0 Å². The molecule has 3 unspecified atom stereocenters. The van der Waals surface area contributed by atoms with Crippen molar-refractivity contribution in [2.45, 2.75) is 44.1 Å². The topological polar surface area (TPSA) is 101 Å². The lowest BCUT2D eigenvalue weighted by atomic mass is 9.83. The second-order valence-electron chi connectivity index (χ2n) is 8.60. The molecular weight excluding hydrogens is 528 g/mol. The molecule has 0 saturated carbocycles. The van der Waals surface area contributed by atoms with E-state index in [9.17, 15) is 40.7 Å². The third-order valence-corrected chi connectivity index (χ3v) is 6.35. The maximum absolute atomic E-state index is 13.2. The molecule has 2 aromatic rings. The zero-order valence-corrected chi connectivity index (χ0v) is 19.8. The number of hydrogen-bond acceptors (Lipinski definition) is 3. The summed E-state index contributed by atoms with van der Waals surface area (Å²) in [4.78, 5) is 38.3. The van der Waals surface area contributed by atoms with E-state index < -0.39 is 73.6 Å². The highest BCUT2D eigenvalue weighted by molar-refractivity contribution is 6.34. The summed E-state index contributed by atoms with van der Waals surface area (Å²) in [7, 11) is 0. The molecule has 0 aromatic heterocycles. The van der Waals surface area contributed by atoms with Crippen LogP contribution in [0.4, 0.5) is 32.0 Å². The van der Waals surface area contributed by atoms with Crippen LogP contribution in [0.1, 0.15) is 37.3 Å². The van der Waals surface area contributed by atoms with Crippen LogP contribution in [0.2, 0.25) is 5.02 Å². The number of benzene rings is 2. The zero-order chi connectivity index (χ0) is 27.5. The maximum Gasteiger partial charge on any atom is 0.389 e. The molecule has 0 spiro atoms. The molecule has 0 saturated heterocycles. The van der Waals surface area contributed by atoms with E-state index in [4.69, 9.17) is 17.3 Å². The van der Waals surface area contributed by atoms with Crippen molar-refractivity contribution in [3.8, 4) is 11.1 Å². The largest absolute Gasteiger partial charge is 0.389 e. The van der Waals surface area contributed by atoms with Gasteiger partial charge in [-0.1, -0.05) is 48.0 Å². The second-order valence-corrected chi connectivity index (χ2v) is 9.01. The fourth-order valence-corrected chi connectivity index (χ4v) is 4.52. The van der Waals surface area contributed by atoms with E-state index >= 15 is 0 Å². The van der Waals surface area contributed by atoms with Crippen LogP contribution in [0.5, 0.6) is 0 Å². The second kappa shape index (κ2) is 11.0. The molecule has 3 amide bonds. The third kappa shape index (κ3) is 7.15. The predicted octanol–water partition coefficient (Wildman–Crippen LogP) is 5.52. The van der Waals surface area contributed by atoms with E-state index in [0.29, 0.717) is 11.1 Å². The Balaban J connectivity index is 1.97. The number of carbonyl (C=O) groups is 3. The van der Waals surface area contributed by atoms with Gasteiger partial charge in [0.25, 0.3) is 5.91 Å². The van der Waals surface area contributed by atoms with Crippen molar-refractivity contribution >= 4 is 35.0 Å². The summed E-state index contributed by atoms with van der Waals surface area (Å²) in [5.41, 5.74) is 6.74. The molecule has 4 N–H and O–H groups in total. The van der Waals surface area contributed by atoms with E-state index in [1.165, 1.54) is 12.1 Å².